The van der Waals surface area contributed by atoms with Crippen LogP contribution in [0, 0.1) is 12.8 Å². The summed E-state index contributed by atoms with van der Waals surface area (Å²) in [5, 5.41) is 9.57. The first-order chi connectivity index (χ1) is 12.0. The molecule has 0 saturated carbocycles. The van der Waals surface area contributed by atoms with Crippen LogP contribution in [-0.2, 0) is 6.42 Å². The minimum Gasteiger partial charge on any atom is -0.496 e. The van der Waals surface area contributed by atoms with E-state index in [9.17, 15) is 0 Å². The summed E-state index contributed by atoms with van der Waals surface area (Å²) in [4.78, 5) is 8.89. The molecule has 136 valence electrons. The molecule has 0 amide bonds. The molecule has 1 aromatic heterocycles. The molecule has 25 heavy (non-hydrogen) atoms. The Bertz CT molecular complexity index is 690. The van der Waals surface area contributed by atoms with Gasteiger partial charge in [0.1, 0.15) is 11.6 Å². The van der Waals surface area contributed by atoms with Crippen LogP contribution in [0.15, 0.2) is 24.3 Å². The summed E-state index contributed by atoms with van der Waals surface area (Å²) in [7, 11) is 5.55. The van der Waals surface area contributed by atoms with Crippen molar-refractivity contribution < 1.29 is 4.74 Å². The minimum atomic E-state index is 0.587. The van der Waals surface area contributed by atoms with E-state index in [0.717, 1.165) is 42.3 Å². The van der Waals surface area contributed by atoms with Crippen molar-refractivity contribution in [3.8, 4) is 5.75 Å². The monoisotopic (exact) mass is 343 g/mol. The molecule has 0 aliphatic heterocycles. The summed E-state index contributed by atoms with van der Waals surface area (Å²) in [6.07, 6.45) is 2.07. The molecule has 1 aromatic carbocycles. The number of ether oxygens (including phenoxy) is 1. The Morgan fingerprint density at radius 3 is 2.64 bits per heavy atom. The SMILES string of the molecule is CNCC(C)CCc1cc(Nc2nc(C)cc(NC)n2)ccc1OC. The molecule has 3 N–H and O–H groups in total. The summed E-state index contributed by atoms with van der Waals surface area (Å²) in [5.74, 6) is 2.92. The smallest absolute Gasteiger partial charge is 0.229 e. The van der Waals surface area contributed by atoms with Gasteiger partial charge >= 0.3 is 0 Å². The molecule has 1 atom stereocenters. The number of hydrogen-bond acceptors (Lipinski definition) is 6. The van der Waals surface area contributed by atoms with Gasteiger partial charge in [0.05, 0.1) is 7.11 Å². The van der Waals surface area contributed by atoms with E-state index in [1.54, 1.807) is 7.11 Å². The van der Waals surface area contributed by atoms with Crippen molar-refractivity contribution in [1.29, 1.82) is 0 Å². The third-order valence-corrected chi connectivity index (χ3v) is 4.11. The Morgan fingerprint density at radius 1 is 1.16 bits per heavy atom. The van der Waals surface area contributed by atoms with E-state index in [0.29, 0.717) is 11.9 Å². The molecule has 0 spiro atoms. The van der Waals surface area contributed by atoms with E-state index < -0.39 is 0 Å². The standard InChI is InChI=1S/C19H29N5O/c1-13(12-20-3)6-7-15-11-16(8-9-17(15)25-5)23-19-22-14(2)10-18(21-4)24-19/h8-11,13,20H,6-7,12H2,1-5H3,(H2,21,22,23,24). The number of nitrogens with one attached hydrogen (secondary N) is 3. The van der Waals surface area contributed by atoms with Gasteiger partial charge in [-0.15, -0.1) is 0 Å². The zero-order valence-electron chi connectivity index (χ0n) is 15.8. The van der Waals surface area contributed by atoms with Crippen LogP contribution < -0.4 is 20.7 Å². The predicted octanol–water partition coefficient (Wildman–Crippen LogP) is 3.37. The molecule has 6 nitrogen and oxygen atoms in total. The van der Waals surface area contributed by atoms with Crippen molar-refractivity contribution >= 4 is 17.5 Å². The van der Waals surface area contributed by atoms with E-state index in [1.807, 2.05) is 39.2 Å². The molecular weight excluding hydrogens is 314 g/mol. The first-order valence-electron chi connectivity index (χ1n) is 8.67. The van der Waals surface area contributed by atoms with E-state index in [-0.39, 0.29) is 0 Å². The van der Waals surface area contributed by atoms with Crippen LogP contribution in [0.25, 0.3) is 0 Å². The van der Waals surface area contributed by atoms with Gasteiger partial charge in [-0.05, 0) is 63.0 Å². The average molecular weight is 343 g/mol. The van der Waals surface area contributed by atoms with Crippen molar-refractivity contribution in [2.24, 2.45) is 5.92 Å². The van der Waals surface area contributed by atoms with Gasteiger partial charge in [-0.25, -0.2) is 4.98 Å². The van der Waals surface area contributed by atoms with Gasteiger partial charge in [0, 0.05) is 24.5 Å². The van der Waals surface area contributed by atoms with Gasteiger partial charge in [0.25, 0.3) is 0 Å². The van der Waals surface area contributed by atoms with Crippen LogP contribution in [0.5, 0.6) is 5.75 Å². The molecule has 0 saturated heterocycles. The summed E-state index contributed by atoms with van der Waals surface area (Å²) in [6, 6.07) is 8.02. The number of aryl methyl sites for hydroxylation is 2. The maximum Gasteiger partial charge on any atom is 0.229 e. The second-order valence-electron chi connectivity index (χ2n) is 6.32. The molecule has 0 aliphatic carbocycles. The first-order valence-corrected chi connectivity index (χ1v) is 8.67. The van der Waals surface area contributed by atoms with Gasteiger partial charge in [0.2, 0.25) is 5.95 Å². The van der Waals surface area contributed by atoms with E-state index in [4.69, 9.17) is 4.74 Å². The second kappa shape index (κ2) is 9.22. The van der Waals surface area contributed by atoms with Crippen LogP contribution in [0.2, 0.25) is 0 Å². The zero-order valence-corrected chi connectivity index (χ0v) is 15.8. The minimum absolute atomic E-state index is 0.587. The van der Waals surface area contributed by atoms with Crippen molar-refractivity contribution in [2.75, 3.05) is 38.4 Å². The fourth-order valence-corrected chi connectivity index (χ4v) is 2.79. The fourth-order valence-electron chi connectivity index (χ4n) is 2.79. The Hall–Kier alpha value is -2.34. The van der Waals surface area contributed by atoms with Gasteiger partial charge in [0.15, 0.2) is 0 Å². The molecule has 6 heteroatoms. The fraction of sp³-hybridized carbons (Fsp3) is 0.474. The second-order valence-corrected chi connectivity index (χ2v) is 6.32. The Kier molecular flexibility index (Phi) is 7.01. The van der Waals surface area contributed by atoms with Crippen molar-refractivity contribution in [3.05, 3.63) is 35.5 Å². The van der Waals surface area contributed by atoms with Gasteiger partial charge in [-0.1, -0.05) is 6.92 Å². The molecule has 1 heterocycles. The highest BCUT2D eigenvalue weighted by Gasteiger charge is 2.09. The lowest BCUT2D eigenvalue weighted by Crippen LogP contribution is -2.16. The van der Waals surface area contributed by atoms with E-state index >= 15 is 0 Å². The van der Waals surface area contributed by atoms with Gasteiger partial charge < -0.3 is 20.7 Å². The number of methoxy groups -OCH3 is 1. The normalized spacial score (nSPS) is 11.9. The summed E-state index contributed by atoms with van der Waals surface area (Å²) < 4.78 is 5.51. The number of benzene rings is 1. The van der Waals surface area contributed by atoms with Gasteiger partial charge in [-0.3, -0.25) is 0 Å². The van der Waals surface area contributed by atoms with Crippen LogP contribution in [0.1, 0.15) is 24.6 Å². The highest BCUT2D eigenvalue weighted by atomic mass is 16.5. The molecule has 0 radical (unpaired) electrons. The Balaban J connectivity index is 2.16. The summed E-state index contributed by atoms with van der Waals surface area (Å²) in [6.45, 7) is 5.23. The average Bonchev–Trinajstić information content (AvgIpc) is 2.60. The highest BCUT2D eigenvalue weighted by molar-refractivity contribution is 5.58. The molecular formula is C19H29N5O. The summed E-state index contributed by atoms with van der Waals surface area (Å²) in [5.41, 5.74) is 3.07. The lowest BCUT2D eigenvalue weighted by atomic mass is 10.00. The van der Waals surface area contributed by atoms with Crippen molar-refractivity contribution in [3.63, 3.8) is 0 Å². The van der Waals surface area contributed by atoms with Crippen LogP contribution in [-0.4, -0.2) is 37.7 Å². The third-order valence-electron chi connectivity index (χ3n) is 4.11. The number of hydrogen-bond donors (Lipinski definition) is 3. The third kappa shape index (κ3) is 5.60. The highest BCUT2D eigenvalue weighted by Crippen LogP contribution is 2.26. The number of anilines is 3. The topological polar surface area (TPSA) is 71.1 Å². The quantitative estimate of drug-likeness (QED) is 0.648. The molecule has 0 bridgehead atoms. The van der Waals surface area contributed by atoms with Crippen LogP contribution in [0.4, 0.5) is 17.5 Å². The lowest BCUT2D eigenvalue weighted by molar-refractivity contribution is 0.406. The van der Waals surface area contributed by atoms with Crippen LogP contribution in [0.3, 0.4) is 0 Å². The molecule has 0 aliphatic rings. The zero-order chi connectivity index (χ0) is 18.2. The Morgan fingerprint density at radius 2 is 1.96 bits per heavy atom. The van der Waals surface area contributed by atoms with Gasteiger partial charge in [-0.2, -0.15) is 4.98 Å². The number of nitrogens with zero attached hydrogens (tertiary/aromatic N) is 2. The first kappa shape index (κ1) is 19.0. The lowest BCUT2D eigenvalue weighted by Gasteiger charge is -2.15. The molecule has 1 unspecified atom stereocenters. The summed E-state index contributed by atoms with van der Waals surface area (Å²) >= 11 is 0. The van der Waals surface area contributed by atoms with Crippen molar-refractivity contribution in [2.45, 2.75) is 26.7 Å². The maximum atomic E-state index is 5.51. The number of rotatable bonds is 9. The van der Waals surface area contributed by atoms with Crippen LogP contribution >= 0.6 is 0 Å². The Labute approximate surface area is 150 Å². The maximum absolute atomic E-state index is 5.51. The predicted molar refractivity (Wildman–Crippen MR) is 104 cm³/mol. The largest absolute Gasteiger partial charge is 0.496 e. The molecule has 2 rings (SSSR count). The molecule has 2 aromatic rings. The number of aromatic nitrogens is 2. The van der Waals surface area contributed by atoms with E-state index in [1.165, 1.54) is 5.56 Å². The molecule has 0 fully saturated rings. The van der Waals surface area contributed by atoms with Crippen molar-refractivity contribution in [1.82, 2.24) is 15.3 Å². The van der Waals surface area contributed by atoms with E-state index in [2.05, 4.69) is 38.9 Å².